The molecule has 1 saturated heterocycles. The van der Waals surface area contributed by atoms with Crippen molar-refractivity contribution in [3.8, 4) is 0 Å². The summed E-state index contributed by atoms with van der Waals surface area (Å²) in [5.74, 6) is 0.789. The number of nitrogens with zero attached hydrogens (tertiary/aromatic N) is 3. The Balaban J connectivity index is 1.92. The number of nitrogens with one attached hydrogen (secondary N) is 1. The quantitative estimate of drug-likeness (QED) is 0.772. The van der Waals surface area contributed by atoms with E-state index in [1.54, 1.807) is 0 Å². The van der Waals surface area contributed by atoms with Crippen molar-refractivity contribution in [3.05, 3.63) is 17.5 Å². The van der Waals surface area contributed by atoms with Crippen LogP contribution in [0.3, 0.4) is 0 Å². The van der Waals surface area contributed by atoms with Gasteiger partial charge in [-0.1, -0.05) is 6.92 Å². The highest BCUT2D eigenvalue weighted by molar-refractivity contribution is 5.32. The first-order chi connectivity index (χ1) is 9.70. The van der Waals surface area contributed by atoms with E-state index < -0.39 is 0 Å². The first-order valence-corrected chi connectivity index (χ1v) is 7.56. The fraction of sp³-hybridized carbons (Fsp3) is 0.733. The first-order valence-electron chi connectivity index (χ1n) is 7.56. The van der Waals surface area contributed by atoms with Gasteiger partial charge in [0.2, 0.25) is 5.95 Å². The highest BCUT2D eigenvalue weighted by Gasteiger charge is 2.18. The molecule has 1 aliphatic heterocycles. The highest BCUT2D eigenvalue weighted by Crippen LogP contribution is 2.16. The summed E-state index contributed by atoms with van der Waals surface area (Å²) >= 11 is 0. The van der Waals surface area contributed by atoms with E-state index in [9.17, 15) is 0 Å². The van der Waals surface area contributed by atoms with Crippen molar-refractivity contribution < 1.29 is 4.74 Å². The van der Waals surface area contributed by atoms with Crippen LogP contribution in [0.1, 0.15) is 37.4 Å². The zero-order valence-corrected chi connectivity index (χ0v) is 12.9. The molecule has 1 aliphatic rings. The van der Waals surface area contributed by atoms with Crippen LogP contribution in [-0.2, 0) is 11.3 Å². The summed E-state index contributed by atoms with van der Waals surface area (Å²) in [6.07, 6.45) is 5.71. The van der Waals surface area contributed by atoms with Crippen molar-refractivity contribution >= 4 is 5.95 Å². The van der Waals surface area contributed by atoms with Gasteiger partial charge < -0.3 is 15.0 Å². The third-order valence-corrected chi connectivity index (χ3v) is 3.65. The van der Waals surface area contributed by atoms with Crippen LogP contribution in [0.4, 0.5) is 5.95 Å². The van der Waals surface area contributed by atoms with E-state index in [1.807, 2.05) is 20.2 Å². The molecule has 5 heteroatoms. The Morgan fingerprint density at radius 3 is 3.00 bits per heavy atom. The van der Waals surface area contributed by atoms with Gasteiger partial charge in [-0.2, -0.15) is 0 Å². The number of likely N-dealkylation sites (N-methyl/N-ethyl adjacent to an activating group) is 1. The smallest absolute Gasteiger partial charge is 0.225 e. The summed E-state index contributed by atoms with van der Waals surface area (Å²) in [7, 11) is 2.03. The minimum absolute atomic E-state index is 0.329. The number of rotatable bonds is 7. The third-order valence-electron chi connectivity index (χ3n) is 3.65. The largest absolute Gasteiger partial charge is 0.376 e. The standard InChI is InChI=1S/C15H26N4O/c1-4-7-16-9-13-10-17-15(18-12(13)2)19(3)11-14-6-5-8-20-14/h10,14,16H,4-9,11H2,1-3H3. The van der Waals surface area contributed by atoms with E-state index >= 15 is 0 Å². The van der Waals surface area contributed by atoms with E-state index in [0.29, 0.717) is 6.10 Å². The monoisotopic (exact) mass is 278 g/mol. The summed E-state index contributed by atoms with van der Waals surface area (Å²) in [6.45, 7) is 7.84. The summed E-state index contributed by atoms with van der Waals surface area (Å²) in [6, 6.07) is 0. The van der Waals surface area contributed by atoms with E-state index in [1.165, 1.54) is 12.0 Å². The summed E-state index contributed by atoms with van der Waals surface area (Å²) in [5.41, 5.74) is 2.23. The molecule has 5 nitrogen and oxygen atoms in total. The Labute approximate surface area is 121 Å². The van der Waals surface area contributed by atoms with E-state index in [2.05, 4.69) is 27.1 Å². The molecule has 2 heterocycles. The zero-order chi connectivity index (χ0) is 14.4. The molecule has 1 aromatic heterocycles. The molecule has 0 bridgehead atoms. The lowest BCUT2D eigenvalue weighted by molar-refractivity contribution is 0.116. The normalized spacial score (nSPS) is 18.4. The van der Waals surface area contributed by atoms with E-state index in [-0.39, 0.29) is 0 Å². The summed E-state index contributed by atoms with van der Waals surface area (Å²) in [5, 5.41) is 3.39. The molecular weight excluding hydrogens is 252 g/mol. The van der Waals surface area contributed by atoms with Crippen LogP contribution in [-0.4, -0.2) is 42.8 Å². The Morgan fingerprint density at radius 2 is 2.35 bits per heavy atom. The van der Waals surface area contributed by atoms with Gasteiger partial charge >= 0.3 is 0 Å². The van der Waals surface area contributed by atoms with Crippen molar-refractivity contribution in [2.24, 2.45) is 0 Å². The first kappa shape index (κ1) is 15.2. The molecule has 1 fully saturated rings. The second-order valence-electron chi connectivity index (χ2n) is 5.47. The Bertz CT molecular complexity index is 418. The molecule has 0 aromatic carbocycles. The molecule has 1 atom stereocenters. The topological polar surface area (TPSA) is 50.3 Å². The van der Waals surface area contributed by atoms with Crippen molar-refractivity contribution in [2.75, 3.05) is 31.6 Å². The number of aryl methyl sites for hydroxylation is 1. The minimum Gasteiger partial charge on any atom is -0.376 e. The fourth-order valence-electron chi connectivity index (χ4n) is 2.41. The molecule has 112 valence electrons. The maximum atomic E-state index is 5.66. The van der Waals surface area contributed by atoms with Crippen LogP contribution in [0, 0.1) is 6.92 Å². The molecular formula is C15H26N4O. The lowest BCUT2D eigenvalue weighted by Gasteiger charge is -2.21. The van der Waals surface area contributed by atoms with Gasteiger partial charge in [0.25, 0.3) is 0 Å². The second kappa shape index (κ2) is 7.55. The minimum atomic E-state index is 0.329. The van der Waals surface area contributed by atoms with Gasteiger partial charge in [0, 0.05) is 44.2 Å². The van der Waals surface area contributed by atoms with Crippen LogP contribution >= 0.6 is 0 Å². The molecule has 1 aromatic rings. The molecule has 0 aliphatic carbocycles. The molecule has 0 spiro atoms. The van der Waals surface area contributed by atoms with Crippen LogP contribution < -0.4 is 10.2 Å². The van der Waals surface area contributed by atoms with E-state index in [4.69, 9.17) is 4.74 Å². The lowest BCUT2D eigenvalue weighted by atomic mass is 10.2. The molecule has 0 saturated carbocycles. The van der Waals surface area contributed by atoms with Gasteiger partial charge in [-0.05, 0) is 32.7 Å². The number of anilines is 1. The number of aromatic nitrogens is 2. The highest BCUT2D eigenvalue weighted by atomic mass is 16.5. The SMILES string of the molecule is CCCNCc1cnc(N(C)CC2CCCO2)nc1C. The summed E-state index contributed by atoms with van der Waals surface area (Å²) in [4.78, 5) is 11.2. The summed E-state index contributed by atoms with van der Waals surface area (Å²) < 4.78 is 5.66. The zero-order valence-electron chi connectivity index (χ0n) is 12.9. The average Bonchev–Trinajstić information content (AvgIpc) is 2.93. The number of hydrogen-bond acceptors (Lipinski definition) is 5. The fourth-order valence-corrected chi connectivity index (χ4v) is 2.41. The second-order valence-corrected chi connectivity index (χ2v) is 5.47. The van der Waals surface area contributed by atoms with Gasteiger partial charge in [-0.25, -0.2) is 9.97 Å². The maximum Gasteiger partial charge on any atom is 0.225 e. The van der Waals surface area contributed by atoms with Crippen molar-refractivity contribution in [3.63, 3.8) is 0 Å². The van der Waals surface area contributed by atoms with Crippen LogP contribution in [0.5, 0.6) is 0 Å². The van der Waals surface area contributed by atoms with Crippen molar-refractivity contribution in [1.82, 2.24) is 15.3 Å². The van der Waals surface area contributed by atoms with Gasteiger partial charge in [-0.15, -0.1) is 0 Å². The van der Waals surface area contributed by atoms with Crippen LogP contribution in [0.2, 0.25) is 0 Å². The third kappa shape index (κ3) is 4.15. The predicted molar refractivity (Wildman–Crippen MR) is 81.0 cm³/mol. The predicted octanol–water partition coefficient (Wildman–Crippen LogP) is 1.90. The van der Waals surface area contributed by atoms with Gasteiger partial charge in [0.05, 0.1) is 6.10 Å². The van der Waals surface area contributed by atoms with Crippen LogP contribution in [0.25, 0.3) is 0 Å². The number of hydrogen-bond donors (Lipinski definition) is 1. The Kier molecular flexibility index (Phi) is 5.73. The van der Waals surface area contributed by atoms with Crippen molar-refractivity contribution in [1.29, 1.82) is 0 Å². The molecule has 20 heavy (non-hydrogen) atoms. The Hall–Kier alpha value is -1.20. The Morgan fingerprint density at radius 1 is 1.50 bits per heavy atom. The van der Waals surface area contributed by atoms with E-state index in [0.717, 1.165) is 50.7 Å². The average molecular weight is 278 g/mol. The van der Waals surface area contributed by atoms with Gasteiger partial charge in [-0.3, -0.25) is 0 Å². The molecule has 1 N–H and O–H groups in total. The molecule has 1 unspecified atom stereocenters. The van der Waals surface area contributed by atoms with Gasteiger partial charge in [0.15, 0.2) is 0 Å². The van der Waals surface area contributed by atoms with Crippen molar-refractivity contribution in [2.45, 2.75) is 45.8 Å². The lowest BCUT2D eigenvalue weighted by Crippen LogP contribution is -2.30. The van der Waals surface area contributed by atoms with Crippen LogP contribution in [0.15, 0.2) is 6.20 Å². The van der Waals surface area contributed by atoms with Gasteiger partial charge in [0.1, 0.15) is 0 Å². The maximum absolute atomic E-state index is 5.66. The molecule has 0 amide bonds. The molecule has 0 radical (unpaired) electrons. The number of ether oxygens (including phenoxy) is 1. The molecule has 2 rings (SSSR count).